The Morgan fingerprint density at radius 2 is 2.10 bits per heavy atom. The molecule has 0 aromatic rings. The van der Waals surface area contributed by atoms with Crippen molar-refractivity contribution < 1.29 is 27.9 Å². The van der Waals surface area contributed by atoms with Crippen molar-refractivity contribution >= 4 is 21.9 Å². The average Bonchev–Trinajstić information content (AvgIpc) is 2.37. The quantitative estimate of drug-likeness (QED) is 0.652. The summed E-state index contributed by atoms with van der Waals surface area (Å²) >= 11 is 0. The molecular weight excluding hydrogens is 288 g/mol. The molecule has 2 unspecified atom stereocenters. The molecule has 0 aromatic carbocycles. The van der Waals surface area contributed by atoms with Crippen LogP contribution in [0.3, 0.4) is 0 Å². The summed E-state index contributed by atoms with van der Waals surface area (Å²) < 4.78 is 29.1. The molecule has 0 bridgehead atoms. The zero-order valence-corrected chi connectivity index (χ0v) is 12.4. The second-order valence-electron chi connectivity index (χ2n) is 4.74. The number of nitrogens with one attached hydrogen (secondary N) is 1. The van der Waals surface area contributed by atoms with Gasteiger partial charge in [-0.1, -0.05) is 6.42 Å². The number of amides is 1. The largest absolute Gasteiger partial charge is 0.480 e. The van der Waals surface area contributed by atoms with Gasteiger partial charge in [0.2, 0.25) is 15.9 Å². The molecule has 0 spiro atoms. The average molecular weight is 308 g/mol. The number of rotatable bonds is 6. The molecule has 0 aliphatic carbocycles. The SMILES string of the molecule is COCC(NC(=O)C1CCCCN1S(C)(=O)=O)C(=O)O. The maximum atomic E-state index is 12.1. The van der Waals surface area contributed by atoms with Crippen molar-refractivity contribution in [1.82, 2.24) is 9.62 Å². The van der Waals surface area contributed by atoms with E-state index >= 15 is 0 Å². The van der Waals surface area contributed by atoms with E-state index in [-0.39, 0.29) is 13.2 Å². The Kier molecular flexibility index (Phi) is 5.90. The first-order valence-corrected chi connectivity index (χ1v) is 8.11. The zero-order valence-electron chi connectivity index (χ0n) is 11.5. The maximum Gasteiger partial charge on any atom is 0.328 e. The van der Waals surface area contributed by atoms with Crippen LogP contribution in [0.4, 0.5) is 0 Å². The van der Waals surface area contributed by atoms with Gasteiger partial charge < -0.3 is 15.2 Å². The summed E-state index contributed by atoms with van der Waals surface area (Å²) in [5.41, 5.74) is 0. The lowest BCUT2D eigenvalue weighted by Gasteiger charge is -2.33. The van der Waals surface area contributed by atoms with E-state index in [0.717, 1.165) is 17.0 Å². The first-order valence-electron chi connectivity index (χ1n) is 6.26. The standard InChI is InChI=1S/C11H20N2O6S/c1-19-7-8(11(15)16)12-10(14)9-5-3-4-6-13(9)20(2,17)18/h8-9H,3-7H2,1-2H3,(H,12,14)(H,15,16). The normalized spacial score (nSPS) is 22.2. The topological polar surface area (TPSA) is 113 Å². The summed E-state index contributed by atoms with van der Waals surface area (Å²) in [6.45, 7) is 0.103. The minimum absolute atomic E-state index is 0.174. The van der Waals surface area contributed by atoms with Gasteiger partial charge in [-0.05, 0) is 12.8 Å². The third kappa shape index (κ3) is 4.43. The second-order valence-corrected chi connectivity index (χ2v) is 6.68. The number of sulfonamides is 1. The van der Waals surface area contributed by atoms with Gasteiger partial charge in [-0.2, -0.15) is 4.31 Å². The van der Waals surface area contributed by atoms with Crippen LogP contribution >= 0.6 is 0 Å². The van der Waals surface area contributed by atoms with Crippen LogP contribution < -0.4 is 5.32 Å². The van der Waals surface area contributed by atoms with Gasteiger partial charge >= 0.3 is 5.97 Å². The summed E-state index contributed by atoms with van der Waals surface area (Å²) in [4.78, 5) is 23.1. The van der Waals surface area contributed by atoms with E-state index in [2.05, 4.69) is 5.32 Å². The first-order chi connectivity index (χ1) is 9.27. The first kappa shape index (κ1) is 16.9. The maximum absolute atomic E-state index is 12.1. The number of carboxylic acid groups (broad SMARTS) is 1. The van der Waals surface area contributed by atoms with Gasteiger partial charge in [-0.15, -0.1) is 0 Å². The predicted octanol–water partition coefficient (Wildman–Crippen LogP) is -0.984. The number of carboxylic acids is 1. The van der Waals surface area contributed by atoms with Crippen LogP contribution in [-0.2, 0) is 24.3 Å². The highest BCUT2D eigenvalue weighted by atomic mass is 32.2. The van der Waals surface area contributed by atoms with Crippen LogP contribution in [0.15, 0.2) is 0 Å². The van der Waals surface area contributed by atoms with Gasteiger partial charge in [0, 0.05) is 13.7 Å². The fourth-order valence-electron chi connectivity index (χ4n) is 2.17. The van der Waals surface area contributed by atoms with Crippen molar-refractivity contribution in [2.24, 2.45) is 0 Å². The summed E-state index contributed by atoms with van der Waals surface area (Å²) in [6.07, 6.45) is 2.85. The lowest BCUT2D eigenvalue weighted by Crippen LogP contribution is -2.55. The Bertz CT molecular complexity index is 464. The molecule has 0 aromatic heterocycles. The number of nitrogens with zero attached hydrogens (tertiary/aromatic N) is 1. The Morgan fingerprint density at radius 1 is 1.45 bits per heavy atom. The van der Waals surface area contributed by atoms with E-state index in [1.54, 1.807) is 0 Å². The lowest BCUT2D eigenvalue weighted by atomic mass is 10.0. The molecule has 0 saturated carbocycles. The number of ether oxygens (including phenoxy) is 1. The number of carbonyl (C=O) groups excluding carboxylic acids is 1. The third-order valence-electron chi connectivity index (χ3n) is 3.13. The van der Waals surface area contributed by atoms with Crippen LogP contribution in [0, 0.1) is 0 Å². The smallest absolute Gasteiger partial charge is 0.328 e. The molecule has 1 fully saturated rings. The van der Waals surface area contributed by atoms with E-state index < -0.39 is 34.0 Å². The van der Waals surface area contributed by atoms with E-state index in [0.29, 0.717) is 12.8 Å². The van der Waals surface area contributed by atoms with Crippen LogP contribution in [0.2, 0.25) is 0 Å². The summed E-state index contributed by atoms with van der Waals surface area (Å²) in [7, 11) is -2.17. The monoisotopic (exact) mass is 308 g/mol. The number of carbonyl (C=O) groups is 2. The minimum atomic E-state index is -3.49. The van der Waals surface area contributed by atoms with Crippen LogP contribution in [0.25, 0.3) is 0 Å². The fourth-order valence-corrected chi connectivity index (χ4v) is 3.30. The molecular formula is C11H20N2O6S. The third-order valence-corrected chi connectivity index (χ3v) is 4.42. The highest BCUT2D eigenvalue weighted by Crippen LogP contribution is 2.20. The van der Waals surface area contributed by atoms with Gasteiger partial charge in [0.15, 0.2) is 6.04 Å². The molecule has 1 saturated heterocycles. The fraction of sp³-hybridized carbons (Fsp3) is 0.818. The summed E-state index contributed by atoms with van der Waals surface area (Å²) in [5.74, 6) is -1.82. The Morgan fingerprint density at radius 3 is 2.60 bits per heavy atom. The molecule has 8 nitrogen and oxygen atoms in total. The number of aliphatic carboxylic acids is 1. The van der Waals surface area contributed by atoms with Gasteiger partial charge in [0.25, 0.3) is 0 Å². The Hall–Kier alpha value is -1.19. The molecule has 2 atom stereocenters. The Labute approximate surface area is 118 Å². The number of piperidine rings is 1. The van der Waals surface area contributed by atoms with Crippen molar-refractivity contribution in [1.29, 1.82) is 0 Å². The van der Waals surface area contributed by atoms with Crippen LogP contribution in [0.1, 0.15) is 19.3 Å². The van der Waals surface area contributed by atoms with Crippen LogP contribution in [-0.4, -0.2) is 68.3 Å². The number of methoxy groups -OCH3 is 1. The molecule has 20 heavy (non-hydrogen) atoms. The summed E-state index contributed by atoms with van der Waals surface area (Å²) in [5, 5.41) is 11.3. The van der Waals surface area contributed by atoms with Crippen molar-refractivity contribution in [2.45, 2.75) is 31.3 Å². The molecule has 9 heteroatoms. The van der Waals surface area contributed by atoms with Crippen molar-refractivity contribution in [3.8, 4) is 0 Å². The van der Waals surface area contributed by atoms with Crippen molar-refractivity contribution in [3.05, 3.63) is 0 Å². The van der Waals surface area contributed by atoms with Crippen molar-refractivity contribution in [2.75, 3.05) is 26.5 Å². The van der Waals surface area contributed by atoms with Gasteiger partial charge in [0.05, 0.1) is 12.9 Å². The van der Waals surface area contributed by atoms with E-state index in [4.69, 9.17) is 9.84 Å². The second kappa shape index (κ2) is 7.00. The lowest BCUT2D eigenvalue weighted by molar-refractivity contribution is -0.144. The molecule has 116 valence electrons. The van der Waals surface area contributed by atoms with E-state index in [1.165, 1.54) is 7.11 Å². The molecule has 0 radical (unpaired) electrons. The minimum Gasteiger partial charge on any atom is -0.480 e. The molecule has 1 aliphatic rings. The molecule has 1 aliphatic heterocycles. The van der Waals surface area contributed by atoms with Crippen LogP contribution in [0.5, 0.6) is 0 Å². The Balaban J connectivity index is 2.80. The molecule has 1 amide bonds. The van der Waals surface area contributed by atoms with Gasteiger partial charge in [0.1, 0.15) is 6.04 Å². The van der Waals surface area contributed by atoms with Gasteiger partial charge in [-0.25, -0.2) is 13.2 Å². The van der Waals surface area contributed by atoms with E-state index in [1.807, 2.05) is 0 Å². The molecule has 2 N–H and O–H groups in total. The highest BCUT2D eigenvalue weighted by molar-refractivity contribution is 7.88. The highest BCUT2D eigenvalue weighted by Gasteiger charge is 2.35. The van der Waals surface area contributed by atoms with Crippen molar-refractivity contribution in [3.63, 3.8) is 0 Å². The molecule has 1 rings (SSSR count). The predicted molar refractivity (Wildman–Crippen MR) is 70.6 cm³/mol. The summed E-state index contributed by atoms with van der Waals surface area (Å²) in [6, 6.07) is -2.03. The molecule has 1 heterocycles. The zero-order chi connectivity index (χ0) is 15.3. The van der Waals surface area contributed by atoms with Gasteiger partial charge in [-0.3, -0.25) is 4.79 Å². The number of hydrogen-bond acceptors (Lipinski definition) is 5. The number of hydrogen-bond donors (Lipinski definition) is 2. The van der Waals surface area contributed by atoms with E-state index in [9.17, 15) is 18.0 Å².